The highest BCUT2D eigenvalue weighted by atomic mass is 32.2. The molecule has 0 heterocycles. The van der Waals surface area contributed by atoms with Crippen molar-refractivity contribution >= 4 is 16.1 Å². The molecular formula is C12H9F7O4S. The molecule has 0 aliphatic carbocycles. The maximum absolute atomic E-state index is 14.7. The minimum Gasteiger partial charge on any atom is -0.343 e. The zero-order valence-corrected chi connectivity index (χ0v) is 12.6. The van der Waals surface area contributed by atoms with E-state index >= 15 is 0 Å². The van der Waals surface area contributed by atoms with Crippen molar-refractivity contribution in [2.24, 2.45) is 0 Å². The average molecular weight is 382 g/mol. The zero-order valence-electron chi connectivity index (χ0n) is 11.8. The summed E-state index contributed by atoms with van der Waals surface area (Å²) in [4.78, 5) is 11.0. The van der Waals surface area contributed by atoms with Gasteiger partial charge >= 0.3 is 22.3 Å². The summed E-state index contributed by atoms with van der Waals surface area (Å²) in [6.07, 6.45) is -8.88. The molecule has 1 aromatic rings. The van der Waals surface area contributed by atoms with Crippen molar-refractivity contribution in [3.63, 3.8) is 0 Å². The largest absolute Gasteiger partial charge is 0.393 e. The molecule has 0 amide bonds. The van der Waals surface area contributed by atoms with Crippen molar-refractivity contribution in [3.8, 4) is 0 Å². The number of carbonyl (C=O) groups excluding carboxylic acids is 1. The van der Waals surface area contributed by atoms with Gasteiger partial charge in [0.2, 0.25) is 0 Å². The highest BCUT2D eigenvalue weighted by molar-refractivity contribution is 7.88. The van der Waals surface area contributed by atoms with Gasteiger partial charge < -0.3 is 4.18 Å². The fourth-order valence-electron chi connectivity index (χ4n) is 1.61. The van der Waals surface area contributed by atoms with E-state index in [1.54, 1.807) is 0 Å². The second-order valence-electron chi connectivity index (χ2n) is 4.54. The van der Waals surface area contributed by atoms with E-state index in [1.807, 2.05) is 0 Å². The molecule has 4 nitrogen and oxygen atoms in total. The van der Waals surface area contributed by atoms with Crippen molar-refractivity contribution in [2.75, 3.05) is 0 Å². The van der Waals surface area contributed by atoms with E-state index in [-0.39, 0.29) is 12.1 Å². The summed E-state index contributed by atoms with van der Waals surface area (Å²) in [5.41, 5.74) is -1.71. The lowest BCUT2D eigenvalue weighted by atomic mass is 10.1. The second kappa shape index (κ2) is 6.57. The predicted molar refractivity (Wildman–Crippen MR) is 65.1 cm³/mol. The molecule has 0 aliphatic heterocycles. The highest BCUT2D eigenvalue weighted by Crippen LogP contribution is 2.43. The Hall–Kier alpha value is -1.85. The van der Waals surface area contributed by atoms with Gasteiger partial charge in [-0.15, -0.1) is 0 Å². The standard InChI is InChI=1S/C12H9F7O4S/c1-2-9(20)23-24(21,22)11(16,5-12(17,18)19)6-3-7(13)10(15)8(14)4-6/h3-4H,2,5H2,1H3. The maximum atomic E-state index is 14.7. The molecule has 0 saturated heterocycles. The first-order valence-corrected chi connectivity index (χ1v) is 7.52. The number of hydrogen-bond acceptors (Lipinski definition) is 4. The number of benzene rings is 1. The van der Waals surface area contributed by atoms with E-state index in [9.17, 15) is 43.9 Å². The van der Waals surface area contributed by atoms with E-state index in [0.29, 0.717) is 0 Å². The summed E-state index contributed by atoms with van der Waals surface area (Å²) < 4.78 is 119. The van der Waals surface area contributed by atoms with Crippen LogP contribution in [0.25, 0.3) is 0 Å². The van der Waals surface area contributed by atoms with Crippen LogP contribution in [0.2, 0.25) is 0 Å². The molecule has 12 heteroatoms. The summed E-state index contributed by atoms with van der Waals surface area (Å²) in [6.45, 7) is 1.07. The molecule has 0 fully saturated rings. The Bertz CT molecular complexity index is 721. The van der Waals surface area contributed by atoms with Gasteiger partial charge in [0.15, 0.2) is 17.5 Å². The molecule has 136 valence electrons. The van der Waals surface area contributed by atoms with Gasteiger partial charge in [-0.3, -0.25) is 4.79 Å². The van der Waals surface area contributed by atoms with E-state index < -0.39 is 63.1 Å². The lowest BCUT2D eigenvalue weighted by molar-refractivity contribution is -0.154. The summed E-state index contributed by atoms with van der Waals surface area (Å²) in [5.74, 6) is -7.98. The minimum absolute atomic E-state index is 0.262. The first-order valence-electron chi connectivity index (χ1n) is 6.11. The first kappa shape index (κ1) is 20.2. The number of alkyl halides is 4. The van der Waals surface area contributed by atoms with Crippen LogP contribution in [0, 0.1) is 17.5 Å². The Morgan fingerprint density at radius 1 is 1.08 bits per heavy atom. The normalized spacial score (nSPS) is 15.0. The van der Waals surface area contributed by atoms with Crippen LogP contribution in [0.5, 0.6) is 0 Å². The summed E-state index contributed by atoms with van der Waals surface area (Å²) >= 11 is 0. The van der Waals surface area contributed by atoms with Crippen molar-refractivity contribution in [1.29, 1.82) is 0 Å². The fraction of sp³-hybridized carbons (Fsp3) is 0.417. The molecular weight excluding hydrogens is 373 g/mol. The Kier molecular flexibility index (Phi) is 5.53. The Morgan fingerprint density at radius 2 is 1.54 bits per heavy atom. The lowest BCUT2D eigenvalue weighted by Crippen LogP contribution is -2.38. The van der Waals surface area contributed by atoms with E-state index in [4.69, 9.17) is 0 Å². The van der Waals surface area contributed by atoms with Gasteiger partial charge in [-0.05, 0) is 12.1 Å². The van der Waals surface area contributed by atoms with E-state index in [1.165, 1.54) is 0 Å². The fourth-order valence-corrected chi connectivity index (χ4v) is 2.85. The molecule has 0 aromatic heterocycles. The van der Waals surface area contributed by atoms with Gasteiger partial charge in [0, 0.05) is 12.0 Å². The highest BCUT2D eigenvalue weighted by Gasteiger charge is 2.56. The Morgan fingerprint density at radius 3 is 1.92 bits per heavy atom. The van der Waals surface area contributed by atoms with Crippen LogP contribution < -0.4 is 0 Å². The molecule has 0 aliphatic rings. The molecule has 0 radical (unpaired) electrons. The lowest BCUT2D eigenvalue weighted by Gasteiger charge is -2.25. The average Bonchev–Trinajstić information content (AvgIpc) is 2.41. The van der Waals surface area contributed by atoms with Crippen molar-refractivity contribution in [2.45, 2.75) is 30.9 Å². The van der Waals surface area contributed by atoms with Crippen molar-refractivity contribution in [1.82, 2.24) is 0 Å². The van der Waals surface area contributed by atoms with Crippen LogP contribution in [-0.2, 0) is 24.1 Å². The number of rotatable bonds is 5. The summed E-state index contributed by atoms with van der Waals surface area (Å²) in [5, 5.41) is -4.56. The number of hydrogen-bond donors (Lipinski definition) is 0. The predicted octanol–water partition coefficient (Wildman–Crippen LogP) is 3.46. The number of carbonyl (C=O) groups is 1. The topological polar surface area (TPSA) is 60.4 Å². The Labute approximate surface area is 131 Å². The van der Waals surface area contributed by atoms with Crippen molar-refractivity contribution < 1.29 is 48.1 Å². The SMILES string of the molecule is CCC(=O)OS(=O)(=O)C(F)(CC(F)(F)F)c1cc(F)c(F)c(F)c1. The molecule has 0 bridgehead atoms. The molecule has 0 saturated carbocycles. The van der Waals surface area contributed by atoms with Crippen LogP contribution in [0.3, 0.4) is 0 Å². The first-order chi connectivity index (χ1) is 10.7. The van der Waals surface area contributed by atoms with Crippen LogP contribution in [-0.4, -0.2) is 20.6 Å². The monoisotopic (exact) mass is 382 g/mol. The molecule has 24 heavy (non-hydrogen) atoms. The van der Waals surface area contributed by atoms with Gasteiger partial charge in [-0.2, -0.15) is 21.6 Å². The molecule has 1 unspecified atom stereocenters. The number of halogens is 7. The molecule has 0 N–H and O–H groups in total. The van der Waals surface area contributed by atoms with Crippen LogP contribution in [0.15, 0.2) is 12.1 Å². The van der Waals surface area contributed by atoms with Crippen LogP contribution in [0.4, 0.5) is 30.7 Å². The molecule has 0 spiro atoms. The summed E-state index contributed by atoms with van der Waals surface area (Å²) in [6, 6.07) is -0.525. The zero-order chi connectivity index (χ0) is 18.9. The van der Waals surface area contributed by atoms with Crippen LogP contribution >= 0.6 is 0 Å². The van der Waals surface area contributed by atoms with Gasteiger partial charge in [0.25, 0.3) is 5.00 Å². The third-order valence-corrected chi connectivity index (χ3v) is 4.31. The maximum Gasteiger partial charge on any atom is 0.393 e. The van der Waals surface area contributed by atoms with Crippen molar-refractivity contribution in [3.05, 3.63) is 35.1 Å². The quantitative estimate of drug-likeness (QED) is 0.445. The van der Waals surface area contributed by atoms with Crippen LogP contribution in [0.1, 0.15) is 25.3 Å². The summed E-state index contributed by atoms with van der Waals surface area (Å²) in [7, 11) is -5.96. The van der Waals surface area contributed by atoms with E-state index in [2.05, 4.69) is 4.18 Å². The minimum atomic E-state index is -5.96. The molecule has 1 aromatic carbocycles. The third-order valence-electron chi connectivity index (χ3n) is 2.73. The van der Waals surface area contributed by atoms with Gasteiger partial charge in [0.1, 0.15) is 6.42 Å². The third kappa shape index (κ3) is 4.16. The van der Waals surface area contributed by atoms with Gasteiger partial charge in [-0.1, -0.05) is 6.92 Å². The van der Waals surface area contributed by atoms with Gasteiger partial charge in [-0.25, -0.2) is 17.6 Å². The second-order valence-corrected chi connectivity index (χ2v) is 6.26. The van der Waals surface area contributed by atoms with E-state index in [0.717, 1.165) is 6.92 Å². The smallest absolute Gasteiger partial charge is 0.343 e. The molecule has 1 rings (SSSR count). The Balaban J connectivity index is 3.59. The molecule has 1 atom stereocenters. The van der Waals surface area contributed by atoms with Gasteiger partial charge in [0.05, 0.1) is 0 Å².